The van der Waals surface area contributed by atoms with Crippen LogP contribution in [0.5, 0.6) is 0 Å². The maximum absolute atomic E-state index is 12.2. The fourth-order valence-electron chi connectivity index (χ4n) is 2.55. The van der Waals surface area contributed by atoms with Gasteiger partial charge in [0.25, 0.3) is 5.91 Å². The van der Waals surface area contributed by atoms with Gasteiger partial charge in [0.2, 0.25) is 0 Å². The number of nitrogens with one attached hydrogen (secondary N) is 1. The molecule has 1 aromatic heterocycles. The van der Waals surface area contributed by atoms with Gasteiger partial charge >= 0.3 is 0 Å². The molecule has 0 saturated heterocycles. The van der Waals surface area contributed by atoms with E-state index in [1.54, 1.807) is 18.0 Å². The Balaban J connectivity index is 1.53. The lowest BCUT2D eigenvalue weighted by Crippen LogP contribution is -2.22. The highest BCUT2D eigenvalue weighted by molar-refractivity contribution is 7.97. The van der Waals surface area contributed by atoms with Crippen LogP contribution in [0.4, 0.5) is 0 Å². The molecule has 0 spiro atoms. The van der Waals surface area contributed by atoms with E-state index in [4.69, 9.17) is 0 Å². The van der Waals surface area contributed by atoms with E-state index >= 15 is 0 Å². The summed E-state index contributed by atoms with van der Waals surface area (Å²) in [4.78, 5) is 12.2. The molecule has 0 saturated carbocycles. The highest BCUT2D eigenvalue weighted by atomic mass is 32.2. The Morgan fingerprint density at radius 2 is 1.72 bits per heavy atom. The third-order valence-corrected chi connectivity index (χ3v) is 4.53. The van der Waals surface area contributed by atoms with Crippen LogP contribution < -0.4 is 5.32 Å². The maximum Gasteiger partial charge on any atom is 0.251 e. The molecule has 0 aliphatic carbocycles. The minimum absolute atomic E-state index is 0.0451. The van der Waals surface area contributed by atoms with E-state index in [1.165, 1.54) is 11.1 Å². The van der Waals surface area contributed by atoms with Crippen molar-refractivity contribution in [3.8, 4) is 0 Å². The second kappa shape index (κ2) is 8.53. The van der Waals surface area contributed by atoms with Crippen LogP contribution in [-0.2, 0) is 18.8 Å². The summed E-state index contributed by atoms with van der Waals surface area (Å²) in [5.41, 5.74) is 4.19. The quantitative estimate of drug-likeness (QED) is 0.706. The summed E-state index contributed by atoms with van der Waals surface area (Å²) in [5.74, 6) is 0.920. The first-order valence-corrected chi connectivity index (χ1v) is 9.55. The number of benzene rings is 2. The molecular weight excluding hydrogens is 330 g/mol. The van der Waals surface area contributed by atoms with Crippen molar-refractivity contribution in [1.82, 2.24) is 15.1 Å². The maximum atomic E-state index is 12.2. The predicted molar refractivity (Wildman–Crippen MR) is 103 cm³/mol. The Kier molecular flexibility index (Phi) is 5.90. The number of thioether (sulfide) groups is 1. The molecule has 2 aromatic carbocycles. The zero-order valence-corrected chi connectivity index (χ0v) is 15.0. The van der Waals surface area contributed by atoms with Crippen LogP contribution in [0, 0.1) is 0 Å². The van der Waals surface area contributed by atoms with Crippen molar-refractivity contribution in [3.05, 3.63) is 89.2 Å². The molecule has 1 N–H and O–H groups in total. The van der Waals surface area contributed by atoms with Crippen LogP contribution in [0.25, 0.3) is 0 Å². The van der Waals surface area contributed by atoms with Gasteiger partial charge in [0.15, 0.2) is 0 Å². The highest BCUT2D eigenvalue weighted by Gasteiger charge is 2.05. The van der Waals surface area contributed by atoms with E-state index in [2.05, 4.69) is 28.8 Å². The van der Waals surface area contributed by atoms with Crippen LogP contribution in [0.2, 0.25) is 0 Å². The van der Waals surface area contributed by atoms with Gasteiger partial charge in [0.1, 0.15) is 0 Å². The first-order valence-electron chi connectivity index (χ1n) is 8.16. The third kappa shape index (κ3) is 4.97. The van der Waals surface area contributed by atoms with Crippen molar-refractivity contribution in [2.45, 2.75) is 18.8 Å². The van der Waals surface area contributed by atoms with Gasteiger partial charge in [-0.05, 0) is 41.1 Å². The van der Waals surface area contributed by atoms with Gasteiger partial charge in [-0.1, -0.05) is 36.4 Å². The number of carbonyl (C=O) groups excluding carboxylic acids is 1. The standard InChI is InChI=1S/C20H21N3OS/c1-25-15-18-7-9-19(10-8-18)20(24)21-13-16-3-5-17(6-4-16)14-23-12-2-11-22-23/h2-12H,13-15H2,1H3,(H,21,24). The van der Waals surface area contributed by atoms with Gasteiger partial charge in [0.05, 0.1) is 6.54 Å². The van der Waals surface area contributed by atoms with E-state index in [1.807, 2.05) is 53.3 Å². The smallest absolute Gasteiger partial charge is 0.251 e. The highest BCUT2D eigenvalue weighted by Crippen LogP contribution is 2.11. The van der Waals surface area contributed by atoms with Crippen LogP contribution in [-0.4, -0.2) is 21.9 Å². The molecule has 5 heteroatoms. The molecule has 0 unspecified atom stereocenters. The summed E-state index contributed by atoms with van der Waals surface area (Å²) in [6.07, 6.45) is 5.79. The molecule has 0 aliphatic heterocycles. The number of rotatable bonds is 7. The van der Waals surface area contributed by atoms with Crippen LogP contribution in [0.1, 0.15) is 27.0 Å². The van der Waals surface area contributed by atoms with Gasteiger partial charge in [0, 0.05) is 30.3 Å². The van der Waals surface area contributed by atoms with Gasteiger partial charge in [-0.15, -0.1) is 0 Å². The van der Waals surface area contributed by atoms with Gasteiger partial charge in [-0.25, -0.2) is 0 Å². The average molecular weight is 351 g/mol. The summed E-state index contributed by atoms with van der Waals surface area (Å²) < 4.78 is 1.89. The Morgan fingerprint density at radius 3 is 2.36 bits per heavy atom. The van der Waals surface area contributed by atoms with Gasteiger partial charge < -0.3 is 5.32 Å². The Morgan fingerprint density at radius 1 is 1.04 bits per heavy atom. The SMILES string of the molecule is CSCc1ccc(C(=O)NCc2ccc(Cn3cccn3)cc2)cc1. The van der Waals surface area contributed by atoms with Crippen molar-refractivity contribution in [2.24, 2.45) is 0 Å². The molecule has 128 valence electrons. The summed E-state index contributed by atoms with van der Waals surface area (Å²) in [6.45, 7) is 1.27. The molecule has 1 heterocycles. The third-order valence-electron chi connectivity index (χ3n) is 3.91. The van der Waals surface area contributed by atoms with Crippen LogP contribution in [0.15, 0.2) is 67.0 Å². The molecule has 4 nitrogen and oxygen atoms in total. The van der Waals surface area contributed by atoms with E-state index in [0.29, 0.717) is 12.1 Å². The number of nitrogens with zero attached hydrogens (tertiary/aromatic N) is 2. The van der Waals surface area contributed by atoms with E-state index in [0.717, 1.165) is 17.9 Å². The normalized spacial score (nSPS) is 10.6. The molecule has 0 aliphatic rings. The minimum atomic E-state index is -0.0451. The van der Waals surface area contributed by atoms with E-state index < -0.39 is 0 Å². The zero-order valence-electron chi connectivity index (χ0n) is 14.2. The van der Waals surface area contributed by atoms with E-state index in [-0.39, 0.29) is 5.91 Å². The molecule has 0 bridgehead atoms. The van der Waals surface area contributed by atoms with Crippen molar-refractivity contribution in [1.29, 1.82) is 0 Å². The topological polar surface area (TPSA) is 46.9 Å². The van der Waals surface area contributed by atoms with Crippen molar-refractivity contribution in [2.75, 3.05) is 6.26 Å². The van der Waals surface area contributed by atoms with Crippen LogP contribution in [0.3, 0.4) is 0 Å². The first kappa shape index (κ1) is 17.3. The largest absolute Gasteiger partial charge is 0.348 e. The van der Waals surface area contributed by atoms with E-state index in [9.17, 15) is 4.79 Å². The predicted octanol–water partition coefficient (Wildman–Crippen LogP) is 3.72. The molecular formula is C20H21N3OS. The molecule has 1 amide bonds. The molecule has 3 rings (SSSR count). The molecule has 0 fully saturated rings. The molecule has 3 aromatic rings. The summed E-state index contributed by atoms with van der Waals surface area (Å²) in [6, 6.07) is 17.9. The number of hydrogen-bond acceptors (Lipinski definition) is 3. The number of hydrogen-bond donors (Lipinski definition) is 1. The minimum Gasteiger partial charge on any atom is -0.348 e. The Bertz CT molecular complexity index is 796. The summed E-state index contributed by atoms with van der Waals surface area (Å²) >= 11 is 1.77. The lowest BCUT2D eigenvalue weighted by Gasteiger charge is -2.08. The van der Waals surface area contributed by atoms with Crippen molar-refractivity contribution < 1.29 is 4.79 Å². The number of aromatic nitrogens is 2. The fraction of sp³-hybridized carbons (Fsp3) is 0.200. The van der Waals surface area contributed by atoms with Crippen molar-refractivity contribution >= 4 is 17.7 Å². The molecule has 0 atom stereocenters. The molecule has 25 heavy (non-hydrogen) atoms. The lowest BCUT2D eigenvalue weighted by molar-refractivity contribution is 0.0951. The fourth-order valence-corrected chi connectivity index (χ4v) is 3.07. The lowest BCUT2D eigenvalue weighted by atomic mass is 10.1. The second-order valence-corrected chi connectivity index (χ2v) is 6.70. The van der Waals surface area contributed by atoms with Gasteiger partial charge in [-0.3, -0.25) is 9.48 Å². The number of amides is 1. The monoisotopic (exact) mass is 351 g/mol. The van der Waals surface area contributed by atoms with Crippen LogP contribution >= 0.6 is 11.8 Å². The summed E-state index contributed by atoms with van der Waals surface area (Å²) in [7, 11) is 0. The zero-order chi connectivity index (χ0) is 17.5. The molecule has 0 radical (unpaired) electrons. The Labute approximate surface area is 152 Å². The Hall–Kier alpha value is -2.53. The second-order valence-electron chi connectivity index (χ2n) is 5.83. The van der Waals surface area contributed by atoms with Gasteiger partial charge in [-0.2, -0.15) is 16.9 Å². The van der Waals surface area contributed by atoms with Crippen molar-refractivity contribution in [3.63, 3.8) is 0 Å². The summed E-state index contributed by atoms with van der Waals surface area (Å²) in [5, 5.41) is 7.17. The number of carbonyl (C=O) groups is 1. The first-order chi connectivity index (χ1) is 12.2. The average Bonchev–Trinajstić information content (AvgIpc) is 3.15.